The number of aromatic nitrogens is 2. The minimum absolute atomic E-state index is 0.0326. The maximum absolute atomic E-state index is 13.3. The lowest BCUT2D eigenvalue weighted by molar-refractivity contribution is -0.123. The van der Waals surface area contributed by atoms with Crippen molar-refractivity contribution >= 4 is 27.5 Å². The topological polar surface area (TPSA) is 82.5 Å². The molecule has 3 aliphatic rings. The number of aryl methyl sites for hydroxylation is 1. The lowest BCUT2D eigenvalue weighted by Crippen LogP contribution is -2.46. The van der Waals surface area contributed by atoms with E-state index < -0.39 is 5.54 Å². The summed E-state index contributed by atoms with van der Waals surface area (Å²) < 4.78 is 12.9. The zero-order valence-electron chi connectivity index (χ0n) is 19.4. The molecule has 34 heavy (non-hydrogen) atoms. The summed E-state index contributed by atoms with van der Waals surface area (Å²) in [7, 11) is 0. The second-order valence-corrected chi connectivity index (χ2v) is 11.0. The van der Waals surface area contributed by atoms with Crippen LogP contribution in [0.4, 0.5) is 0 Å². The van der Waals surface area contributed by atoms with E-state index in [0.29, 0.717) is 24.5 Å². The van der Waals surface area contributed by atoms with Gasteiger partial charge in [-0.3, -0.25) is 14.2 Å². The van der Waals surface area contributed by atoms with E-state index in [4.69, 9.17) is 9.47 Å². The van der Waals surface area contributed by atoms with Gasteiger partial charge in [0.15, 0.2) is 11.5 Å². The van der Waals surface area contributed by atoms with Crippen LogP contribution in [0.25, 0.3) is 10.2 Å². The zero-order valence-corrected chi connectivity index (χ0v) is 20.2. The Hall–Kier alpha value is -2.87. The van der Waals surface area contributed by atoms with Crippen LogP contribution in [0.2, 0.25) is 0 Å². The summed E-state index contributed by atoms with van der Waals surface area (Å²) in [6.45, 7) is 3.30. The van der Waals surface area contributed by atoms with Crippen LogP contribution < -0.4 is 20.3 Å². The molecule has 2 aliphatic carbocycles. The van der Waals surface area contributed by atoms with Gasteiger partial charge in [-0.15, -0.1) is 11.3 Å². The van der Waals surface area contributed by atoms with E-state index >= 15 is 0 Å². The van der Waals surface area contributed by atoms with E-state index in [0.717, 1.165) is 72.4 Å². The first-order valence-electron chi connectivity index (χ1n) is 12.2. The highest BCUT2D eigenvalue weighted by molar-refractivity contribution is 7.18. The Morgan fingerprint density at radius 2 is 2.03 bits per heavy atom. The minimum atomic E-state index is -0.453. The summed E-state index contributed by atoms with van der Waals surface area (Å²) in [6.07, 6.45) is 8.35. The van der Waals surface area contributed by atoms with Crippen molar-refractivity contribution in [3.63, 3.8) is 0 Å². The molecule has 1 aliphatic heterocycles. The second kappa shape index (κ2) is 8.41. The van der Waals surface area contributed by atoms with Crippen LogP contribution in [0.3, 0.4) is 0 Å². The molecule has 3 heterocycles. The highest BCUT2D eigenvalue weighted by atomic mass is 32.1. The van der Waals surface area contributed by atoms with Crippen molar-refractivity contribution in [1.29, 1.82) is 0 Å². The van der Waals surface area contributed by atoms with Crippen LogP contribution in [0, 0.1) is 5.92 Å². The van der Waals surface area contributed by atoms with E-state index in [1.807, 2.05) is 18.2 Å². The van der Waals surface area contributed by atoms with Gasteiger partial charge in [-0.2, -0.15) is 0 Å². The standard InChI is InChI=1S/C26H29N3O4S/c1-16-4-6-18-21(12-16)34-24-23(18)25(31)29(15-27-24)14-22(30)28-26(8-2-3-9-26)17-5-7-19-20(13-17)33-11-10-32-19/h5,7,13,15-16H,2-4,6,8-12,14H2,1H3,(H,28,30). The number of benzene rings is 1. The molecular formula is C26H29N3O4S. The van der Waals surface area contributed by atoms with Gasteiger partial charge in [0.05, 0.1) is 17.3 Å². The van der Waals surface area contributed by atoms with Crippen molar-refractivity contribution in [2.75, 3.05) is 13.2 Å². The number of hydrogen-bond donors (Lipinski definition) is 1. The maximum Gasteiger partial charge on any atom is 0.262 e. The molecular weight excluding hydrogens is 450 g/mol. The van der Waals surface area contributed by atoms with E-state index in [9.17, 15) is 9.59 Å². The van der Waals surface area contributed by atoms with Crippen LogP contribution in [0.5, 0.6) is 11.5 Å². The molecule has 1 unspecified atom stereocenters. The Morgan fingerprint density at radius 3 is 2.85 bits per heavy atom. The Balaban J connectivity index is 1.27. The number of rotatable bonds is 4. The van der Waals surface area contributed by atoms with Crippen molar-refractivity contribution in [1.82, 2.24) is 14.9 Å². The zero-order chi connectivity index (χ0) is 23.3. The summed E-state index contributed by atoms with van der Waals surface area (Å²) in [4.78, 5) is 33.2. The lowest BCUT2D eigenvalue weighted by Gasteiger charge is -2.32. The quantitative estimate of drug-likeness (QED) is 0.613. The number of ether oxygens (including phenoxy) is 2. The molecule has 0 bridgehead atoms. The first-order valence-corrected chi connectivity index (χ1v) is 13.0. The van der Waals surface area contributed by atoms with Gasteiger partial charge in [0, 0.05) is 4.88 Å². The lowest BCUT2D eigenvalue weighted by atomic mass is 9.87. The van der Waals surface area contributed by atoms with Gasteiger partial charge in [0.25, 0.3) is 5.56 Å². The first-order chi connectivity index (χ1) is 16.5. The molecule has 1 atom stereocenters. The average Bonchev–Trinajstić information content (AvgIpc) is 3.45. The second-order valence-electron chi connectivity index (χ2n) is 9.91. The molecule has 6 rings (SSSR count). The Morgan fingerprint density at radius 1 is 1.24 bits per heavy atom. The fourth-order valence-electron chi connectivity index (χ4n) is 5.75. The van der Waals surface area contributed by atoms with Gasteiger partial charge in [-0.25, -0.2) is 4.98 Å². The molecule has 1 amide bonds. The molecule has 7 nitrogen and oxygen atoms in total. The van der Waals surface area contributed by atoms with Crippen molar-refractivity contribution in [3.05, 3.63) is 50.9 Å². The van der Waals surface area contributed by atoms with Crippen LogP contribution in [-0.2, 0) is 29.7 Å². The van der Waals surface area contributed by atoms with Crippen molar-refractivity contribution in [2.24, 2.45) is 5.92 Å². The predicted octanol–water partition coefficient (Wildman–Crippen LogP) is 3.94. The molecule has 2 aromatic heterocycles. The molecule has 0 spiro atoms. The molecule has 0 saturated heterocycles. The van der Waals surface area contributed by atoms with Gasteiger partial charge >= 0.3 is 0 Å². The van der Waals surface area contributed by atoms with Crippen molar-refractivity contribution < 1.29 is 14.3 Å². The number of carbonyl (C=O) groups is 1. The van der Waals surface area contributed by atoms with E-state index in [-0.39, 0.29) is 18.0 Å². The molecule has 1 saturated carbocycles. The number of nitrogens with zero attached hydrogens (tertiary/aromatic N) is 2. The summed E-state index contributed by atoms with van der Waals surface area (Å²) in [5.74, 6) is 1.94. The third-order valence-electron chi connectivity index (χ3n) is 7.53. The predicted molar refractivity (Wildman–Crippen MR) is 131 cm³/mol. The van der Waals surface area contributed by atoms with E-state index in [1.54, 1.807) is 11.3 Å². The van der Waals surface area contributed by atoms with Gasteiger partial charge < -0.3 is 14.8 Å². The summed E-state index contributed by atoms with van der Waals surface area (Å²) in [5.41, 5.74) is 1.62. The van der Waals surface area contributed by atoms with Crippen LogP contribution >= 0.6 is 11.3 Å². The fourth-order valence-corrected chi connectivity index (χ4v) is 7.09. The Labute approximate surface area is 202 Å². The maximum atomic E-state index is 13.3. The molecule has 1 aromatic carbocycles. The largest absolute Gasteiger partial charge is 0.486 e. The number of fused-ring (bicyclic) bond motifs is 4. The van der Waals surface area contributed by atoms with Crippen LogP contribution in [0.1, 0.15) is 55.0 Å². The number of nitrogens with one attached hydrogen (secondary N) is 1. The molecule has 0 radical (unpaired) electrons. The SMILES string of the molecule is CC1CCc2c(sc3ncn(CC(=O)NC4(c5ccc6c(c5)OCCO6)CCCC4)c(=O)c23)C1. The van der Waals surface area contributed by atoms with Gasteiger partial charge in [-0.05, 0) is 61.3 Å². The third-order valence-corrected chi connectivity index (χ3v) is 8.69. The molecule has 8 heteroatoms. The first kappa shape index (κ1) is 21.6. The monoisotopic (exact) mass is 479 g/mol. The smallest absolute Gasteiger partial charge is 0.262 e. The normalized spacial score (nSPS) is 20.8. The van der Waals surface area contributed by atoms with Gasteiger partial charge in [-0.1, -0.05) is 25.8 Å². The van der Waals surface area contributed by atoms with Gasteiger partial charge in [0.1, 0.15) is 24.6 Å². The van der Waals surface area contributed by atoms with E-state index in [2.05, 4.69) is 17.2 Å². The number of thiophene rings is 1. The molecule has 1 fully saturated rings. The van der Waals surface area contributed by atoms with Crippen molar-refractivity contribution in [3.8, 4) is 11.5 Å². The number of carbonyl (C=O) groups excluding carboxylic acids is 1. The van der Waals surface area contributed by atoms with E-state index in [1.165, 1.54) is 15.8 Å². The fraction of sp³-hybridized carbons (Fsp3) is 0.500. The van der Waals surface area contributed by atoms with Gasteiger partial charge in [0.2, 0.25) is 5.91 Å². The summed E-state index contributed by atoms with van der Waals surface area (Å²) in [6, 6.07) is 5.95. The Kier molecular flexibility index (Phi) is 5.36. The molecule has 1 N–H and O–H groups in total. The number of hydrogen-bond acceptors (Lipinski definition) is 6. The number of amides is 1. The average molecular weight is 480 g/mol. The van der Waals surface area contributed by atoms with Crippen LogP contribution in [0.15, 0.2) is 29.3 Å². The minimum Gasteiger partial charge on any atom is -0.486 e. The Bertz CT molecular complexity index is 1320. The highest BCUT2D eigenvalue weighted by Crippen LogP contribution is 2.42. The summed E-state index contributed by atoms with van der Waals surface area (Å²) >= 11 is 1.63. The highest BCUT2D eigenvalue weighted by Gasteiger charge is 2.38. The summed E-state index contributed by atoms with van der Waals surface area (Å²) in [5, 5.41) is 3.99. The third kappa shape index (κ3) is 3.68. The van der Waals surface area contributed by atoms with Crippen molar-refractivity contribution in [2.45, 2.75) is 64.0 Å². The van der Waals surface area contributed by atoms with Crippen LogP contribution in [-0.4, -0.2) is 28.7 Å². The molecule has 3 aromatic rings. The molecule has 178 valence electrons.